The molecule has 3 aromatic heterocycles. The van der Waals surface area contributed by atoms with Crippen molar-refractivity contribution < 1.29 is 9.21 Å². The number of benzene rings is 1. The lowest BCUT2D eigenvalue weighted by molar-refractivity contribution is -0.115. The smallest absolute Gasteiger partial charge is 0.231 e. The van der Waals surface area contributed by atoms with Crippen LogP contribution in [0.3, 0.4) is 0 Å². The number of carbonyl (C=O) groups is 1. The monoisotopic (exact) mass is 419 g/mol. The van der Waals surface area contributed by atoms with Gasteiger partial charge in [-0.15, -0.1) is 11.3 Å². The molecule has 0 aliphatic carbocycles. The van der Waals surface area contributed by atoms with E-state index < -0.39 is 0 Å². The highest BCUT2D eigenvalue weighted by Crippen LogP contribution is 2.29. The highest BCUT2D eigenvalue weighted by molar-refractivity contribution is 7.10. The van der Waals surface area contributed by atoms with E-state index in [1.54, 1.807) is 6.26 Å². The third-order valence-corrected chi connectivity index (χ3v) is 6.11. The van der Waals surface area contributed by atoms with Gasteiger partial charge in [-0.1, -0.05) is 17.7 Å². The Morgan fingerprint density at radius 2 is 2.00 bits per heavy atom. The molecule has 1 amide bonds. The molecule has 4 rings (SSSR count). The van der Waals surface area contributed by atoms with Gasteiger partial charge in [0.1, 0.15) is 10.8 Å². The average molecular weight is 420 g/mol. The number of rotatable bonds is 6. The highest BCUT2D eigenvalue weighted by Gasteiger charge is 2.16. The molecule has 0 saturated carbocycles. The number of nitrogens with one attached hydrogen (secondary N) is 1. The van der Waals surface area contributed by atoms with Crippen molar-refractivity contribution in [3.8, 4) is 11.3 Å². The summed E-state index contributed by atoms with van der Waals surface area (Å²) in [5.74, 6) is 0.872. The fourth-order valence-corrected chi connectivity index (χ4v) is 4.46. The first-order chi connectivity index (χ1) is 14.4. The number of thiazole rings is 1. The van der Waals surface area contributed by atoms with Gasteiger partial charge in [0.25, 0.3) is 0 Å². The molecule has 0 spiro atoms. The van der Waals surface area contributed by atoms with Crippen LogP contribution in [0.25, 0.3) is 11.3 Å². The van der Waals surface area contributed by atoms with Gasteiger partial charge in [-0.25, -0.2) is 4.98 Å². The first kappa shape index (κ1) is 20.2. The Balaban J connectivity index is 1.48. The number of anilines is 1. The molecule has 3 heterocycles. The number of amides is 1. The van der Waals surface area contributed by atoms with Crippen molar-refractivity contribution >= 4 is 22.9 Å². The van der Waals surface area contributed by atoms with Crippen LogP contribution in [0, 0.1) is 27.7 Å². The summed E-state index contributed by atoms with van der Waals surface area (Å²) in [6, 6.07) is 12.0. The third kappa shape index (κ3) is 4.24. The van der Waals surface area contributed by atoms with E-state index in [1.165, 1.54) is 16.9 Å². The zero-order valence-corrected chi connectivity index (χ0v) is 18.5. The number of aryl methyl sites for hydroxylation is 3. The Kier molecular flexibility index (Phi) is 5.59. The van der Waals surface area contributed by atoms with Gasteiger partial charge in [-0.3, -0.25) is 4.79 Å². The van der Waals surface area contributed by atoms with Crippen LogP contribution in [0.1, 0.15) is 33.3 Å². The summed E-state index contributed by atoms with van der Waals surface area (Å²) in [6.45, 7) is 8.92. The molecule has 0 radical (unpaired) electrons. The molecule has 30 heavy (non-hydrogen) atoms. The summed E-state index contributed by atoms with van der Waals surface area (Å²) in [4.78, 5) is 17.2. The van der Waals surface area contributed by atoms with Crippen molar-refractivity contribution in [2.45, 2.75) is 40.7 Å². The molecule has 5 nitrogen and oxygen atoms in total. The molecule has 4 aromatic rings. The number of carbonyl (C=O) groups excluding carboxylic acids is 1. The summed E-state index contributed by atoms with van der Waals surface area (Å²) in [6.07, 6.45) is 1.96. The first-order valence-corrected chi connectivity index (χ1v) is 10.8. The fourth-order valence-electron chi connectivity index (χ4n) is 3.66. The van der Waals surface area contributed by atoms with Gasteiger partial charge in [0.05, 0.1) is 24.9 Å². The quantitative estimate of drug-likeness (QED) is 0.438. The van der Waals surface area contributed by atoms with Crippen LogP contribution >= 0.6 is 11.3 Å². The van der Waals surface area contributed by atoms with Gasteiger partial charge in [-0.05, 0) is 57.5 Å². The lowest BCUT2D eigenvalue weighted by Gasteiger charge is -2.08. The minimum Gasteiger partial charge on any atom is -0.467 e. The largest absolute Gasteiger partial charge is 0.467 e. The number of furan rings is 1. The summed E-state index contributed by atoms with van der Waals surface area (Å²) < 4.78 is 7.72. The molecular weight excluding hydrogens is 394 g/mol. The Morgan fingerprint density at radius 1 is 1.17 bits per heavy atom. The third-order valence-electron chi connectivity index (χ3n) is 5.26. The molecule has 154 valence electrons. The molecule has 0 fully saturated rings. The SMILES string of the molecule is Cc1ccc(NC(=O)Cc2nc(-c3cc(C)n(Cc4ccco4)c3C)cs2)c(C)c1. The van der Waals surface area contributed by atoms with Gasteiger partial charge in [0.15, 0.2) is 0 Å². The standard InChI is InChI=1S/C24H25N3O2S/c1-15-7-8-21(16(2)10-15)25-23(28)12-24-26-22(14-30-24)20-11-17(3)27(18(20)4)13-19-6-5-9-29-19/h5-11,14H,12-13H2,1-4H3,(H,25,28). The van der Waals surface area contributed by atoms with Crippen LogP contribution in [0.15, 0.2) is 52.5 Å². The van der Waals surface area contributed by atoms with Gasteiger partial charge >= 0.3 is 0 Å². The minimum atomic E-state index is -0.0499. The van der Waals surface area contributed by atoms with Crippen molar-refractivity contribution in [1.82, 2.24) is 9.55 Å². The minimum absolute atomic E-state index is 0.0499. The van der Waals surface area contributed by atoms with E-state index in [9.17, 15) is 4.79 Å². The van der Waals surface area contributed by atoms with Crippen LogP contribution in [-0.2, 0) is 17.8 Å². The summed E-state index contributed by atoms with van der Waals surface area (Å²) >= 11 is 1.52. The molecular formula is C24H25N3O2S. The Labute approximate surface area is 180 Å². The topological polar surface area (TPSA) is 60.1 Å². The number of hydrogen-bond donors (Lipinski definition) is 1. The second-order valence-corrected chi connectivity index (χ2v) is 8.56. The lowest BCUT2D eigenvalue weighted by Crippen LogP contribution is -2.15. The first-order valence-electron chi connectivity index (χ1n) is 9.91. The maximum atomic E-state index is 12.5. The predicted octanol–water partition coefficient (Wildman–Crippen LogP) is 5.67. The average Bonchev–Trinajstić information content (AvgIpc) is 3.42. The van der Waals surface area contributed by atoms with Crippen molar-refractivity contribution in [3.63, 3.8) is 0 Å². The zero-order valence-electron chi connectivity index (χ0n) is 17.7. The maximum Gasteiger partial charge on any atom is 0.231 e. The van der Waals surface area contributed by atoms with Crippen LogP contribution in [0.5, 0.6) is 0 Å². The Bertz CT molecular complexity index is 1190. The van der Waals surface area contributed by atoms with E-state index in [1.807, 2.05) is 43.5 Å². The van der Waals surface area contributed by atoms with Crippen molar-refractivity contribution in [2.24, 2.45) is 0 Å². The fraction of sp³-hybridized carbons (Fsp3) is 0.250. The van der Waals surface area contributed by atoms with Crippen LogP contribution < -0.4 is 5.32 Å². The molecule has 0 unspecified atom stereocenters. The molecule has 1 N–H and O–H groups in total. The summed E-state index contributed by atoms with van der Waals surface area (Å²) in [5.41, 5.74) is 7.39. The molecule has 0 atom stereocenters. The summed E-state index contributed by atoms with van der Waals surface area (Å²) in [5, 5.41) is 5.83. The van der Waals surface area contributed by atoms with Gasteiger partial charge in [-0.2, -0.15) is 0 Å². The van der Waals surface area contributed by atoms with E-state index in [4.69, 9.17) is 9.40 Å². The van der Waals surface area contributed by atoms with Crippen molar-refractivity contribution in [2.75, 3.05) is 5.32 Å². The van der Waals surface area contributed by atoms with Gasteiger partial charge in [0.2, 0.25) is 5.91 Å². The molecule has 0 bridgehead atoms. The van der Waals surface area contributed by atoms with Crippen LogP contribution in [-0.4, -0.2) is 15.5 Å². The van der Waals surface area contributed by atoms with E-state index in [-0.39, 0.29) is 12.3 Å². The van der Waals surface area contributed by atoms with Crippen molar-refractivity contribution in [3.05, 3.63) is 81.3 Å². The van der Waals surface area contributed by atoms with Crippen molar-refractivity contribution in [1.29, 1.82) is 0 Å². The molecule has 0 aliphatic rings. The van der Waals surface area contributed by atoms with Crippen LogP contribution in [0.4, 0.5) is 5.69 Å². The number of aromatic nitrogens is 2. The maximum absolute atomic E-state index is 12.5. The van der Waals surface area contributed by atoms with Gasteiger partial charge < -0.3 is 14.3 Å². The predicted molar refractivity (Wildman–Crippen MR) is 121 cm³/mol. The van der Waals surface area contributed by atoms with E-state index >= 15 is 0 Å². The zero-order chi connectivity index (χ0) is 21.3. The Morgan fingerprint density at radius 3 is 2.73 bits per heavy atom. The second kappa shape index (κ2) is 8.32. The molecule has 6 heteroatoms. The van der Waals surface area contributed by atoms with Gasteiger partial charge in [0, 0.05) is 28.0 Å². The van der Waals surface area contributed by atoms with E-state index in [2.05, 4.69) is 35.9 Å². The highest BCUT2D eigenvalue weighted by atomic mass is 32.1. The lowest BCUT2D eigenvalue weighted by atomic mass is 10.1. The number of nitrogens with zero attached hydrogens (tertiary/aromatic N) is 2. The van der Waals surface area contributed by atoms with E-state index in [0.29, 0.717) is 6.54 Å². The number of hydrogen-bond acceptors (Lipinski definition) is 4. The van der Waals surface area contributed by atoms with E-state index in [0.717, 1.165) is 44.7 Å². The Hall–Kier alpha value is -3.12. The summed E-state index contributed by atoms with van der Waals surface area (Å²) in [7, 11) is 0. The molecule has 0 aliphatic heterocycles. The second-order valence-electron chi connectivity index (χ2n) is 7.62. The molecule has 1 aromatic carbocycles. The van der Waals surface area contributed by atoms with Crippen LogP contribution in [0.2, 0.25) is 0 Å². The normalized spacial score (nSPS) is 11.1. The molecule has 0 saturated heterocycles.